The smallest absolute Gasteiger partial charge is 0.119 e. The van der Waals surface area contributed by atoms with E-state index < -0.39 is 0 Å². The Morgan fingerprint density at radius 1 is 1.39 bits per heavy atom. The van der Waals surface area contributed by atoms with E-state index in [1.807, 2.05) is 0 Å². The monoisotopic (exact) mass is 248 g/mol. The summed E-state index contributed by atoms with van der Waals surface area (Å²) in [7, 11) is 5.97. The van der Waals surface area contributed by atoms with E-state index in [1.165, 1.54) is 30.4 Å². The van der Waals surface area contributed by atoms with Gasteiger partial charge < -0.3 is 15.0 Å². The number of nitrogens with zero attached hydrogens (tertiary/aromatic N) is 1. The van der Waals surface area contributed by atoms with E-state index in [9.17, 15) is 0 Å². The standard InChI is InChI=1S/C15H24N2O/c1-17(2)10-4-9-16-15-8-6-12-5-7-13(18-3)11-14(12)15/h5,7,11,15-16H,4,6,8-10H2,1-3H3. The fourth-order valence-corrected chi connectivity index (χ4v) is 2.59. The third-order valence-corrected chi connectivity index (χ3v) is 3.60. The average Bonchev–Trinajstić information content (AvgIpc) is 2.76. The minimum Gasteiger partial charge on any atom is -0.497 e. The first-order valence-electron chi connectivity index (χ1n) is 6.75. The van der Waals surface area contributed by atoms with Gasteiger partial charge in [0, 0.05) is 6.04 Å². The fourth-order valence-electron chi connectivity index (χ4n) is 2.59. The lowest BCUT2D eigenvalue weighted by molar-refractivity contribution is 0.386. The second-order valence-electron chi connectivity index (χ2n) is 5.27. The van der Waals surface area contributed by atoms with Gasteiger partial charge in [0.05, 0.1) is 7.11 Å². The molecule has 3 nitrogen and oxygen atoms in total. The van der Waals surface area contributed by atoms with Crippen LogP contribution in [-0.2, 0) is 6.42 Å². The van der Waals surface area contributed by atoms with Crippen molar-refractivity contribution in [3.63, 3.8) is 0 Å². The predicted molar refractivity (Wildman–Crippen MR) is 75.2 cm³/mol. The third kappa shape index (κ3) is 3.24. The van der Waals surface area contributed by atoms with Crippen LogP contribution in [0.15, 0.2) is 18.2 Å². The van der Waals surface area contributed by atoms with Gasteiger partial charge in [0.2, 0.25) is 0 Å². The van der Waals surface area contributed by atoms with Crippen LogP contribution < -0.4 is 10.1 Å². The van der Waals surface area contributed by atoms with Gasteiger partial charge in [-0.2, -0.15) is 0 Å². The molecule has 0 saturated heterocycles. The highest BCUT2D eigenvalue weighted by atomic mass is 16.5. The van der Waals surface area contributed by atoms with Crippen LogP contribution in [0.2, 0.25) is 0 Å². The second-order valence-corrected chi connectivity index (χ2v) is 5.27. The molecule has 0 amide bonds. The van der Waals surface area contributed by atoms with Crippen LogP contribution >= 0.6 is 0 Å². The summed E-state index contributed by atoms with van der Waals surface area (Å²) in [6.45, 7) is 2.23. The lowest BCUT2D eigenvalue weighted by atomic mass is 10.1. The summed E-state index contributed by atoms with van der Waals surface area (Å²) in [5.41, 5.74) is 2.90. The summed E-state index contributed by atoms with van der Waals surface area (Å²) in [4.78, 5) is 2.23. The SMILES string of the molecule is COc1ccc2c(c1)C(NCCCN(C)C)CC2. The molecular formula is C15H24N2O. The molecule has 2 rings (SSSR count). The number of nitrogens with one attached hydrogen (secondary N) is 1. The topological polar surface area (TPSA) is 24.5 Å². The van der Waals surface area contributed by atoms with Crippen molar-refractivity contribution in [2.75, 3.05) is 34.3 Å². The number of hydrogen-bond donors (Lipinski definition) is 1. The van der Waals surface area contributed by atoms with Crippen LogP contribution in [0.4, 0.5) is 0 Å². The zero-order valence-electron chi connectivity index (χ0n) is 11.7. The summed E-state index contributed by atoms with van der Waals surface area (Å²) >= 11 is 0. The van der Waals surface area contributed by atoms with Gasteiger partial charge in [0.1, 0.15) is 5.75 Å². The molecule has 3 heteroatoms. The lowest BCUT2D eigenvalue weighted by Gasteiger charge is -2.16. The van der Waals surface area contributed by atoms with Crippen molar-refractivity contribution in [3.05, 3.63) is 29.3 Å². The number of ether oxygens (including phenoxy) is 1. The number of fused-ring (bicyclic) bond motifs is 1. The second kappa shape index (κ2) is 6.21. The normalized spacial score (nSPS) is 18.1. The Kier molecular flexibility index (Phi) is 4.61. The average molecular weight is 248 g/mol. The number of benzene rings is 1. The van der Waals surface area contributed by atoms with Crippen LogP contribution in [0, 0.1) is 0 Å². The van der Waals surface area contributed by atoms with E-state index in [0.29, 0.717) is 6.04 Å². The predicted octanol–water partition coefficient (Wildman–Crippen LogP) is 2.22. The highest BCUT2D eigenvalue weighted by Crippen LogP contribution is 2.33. The summed E-state index contributed by atoms with van der Waals surface area (Å²) in [6, 6.07) is 6.96. The highest BCUT2D eigenvalue weighted by molar-refractivity contribution is 5.40. The molecule has 1 atom stereocenters. The number of hydrogen-bond acceptors (Lipinski definition) is 3. The number of methoxy groups -OCH3 is 1. The van der Waals surface area contributed by atoms with Gasteiger partial charge >= 0.3 is 0 Å². The van der Waals surface area contributed by atoms with Crippen LogP contribution in [-0.4, -0.2) is 39.2 Å². The minimum atomic E-state index is 0.511. The zero-order chi connectivity index (χ0) is 13.0. The third-order valence-electron chi connectivity index (χ3n) is 3.60. The molecule has 0 heterocycles. The zero-order valence-corrected chi connectivity index (χ0v) is 11.7. The van der Waals surface area contributed by atoms with Crippen LogP contribution in [0.5, 0.6) is 5.75 Å². The molecule has 0 fully saturated rings. The molecule has 1 aliphatic carbocycles. The highest BCUT2D eigenvalue weighted by Gasteiger charge is 2.22. The Labute approximate surface area is 110 Å². The van der Waals surface area contributed by atoms with Crippen molar-refractivity contribution in [1.82, 2.24) is 10.2 Å². The molecule has 1 unspecified atom stereocenters. The van der Waals surface area contributed by atoms with Gasteiger partial charge in [-0.05, 0) is 69.7 Å². The van der Waals surface area contributed by atoms with Gasteiger partial charge in [-0.1, -0.05) is 6.07 Å². The molecule has 18 heavy (non-hydrogen) atoms. The maximum atomic E-state index is 5.31. The molecule has 1 aromatic rings. The van der Waals surface area contributed by atoms with E-state index in [0.717, 1.165) is 18.8 Å². The van der Waals surface area contributed by atoms with Gasteiger partial charge in [-0.15, -0.1) is 0 Å². The molecule has 0 radical (unpaired) electrons. The van der Waals surface area contributed by atoms with E-state index >= 15 is 0 Å². The maximum Gasteiger partial charge on any atom is 0.119 e. The molecule has 100 valence electrons. The van der Waals surface area contributed by atoms with Gasteiger partial charge in [-0.3, -0.25) is 0 Å². The van der Waals surface area contributed by atoms with Crippen molar-refractivity contribution in [3.8, 4) is 5.75 Å². The van der Waals surface area contributed by atoms with E-state index in [4.69, 9.17) is 4.74 Å². The molecule has 0 saturated carbocycles. The Morgan fingerprint density at radius 3 is 2.94 bits per heavy atom. The summed E-state index contributed by atoms with van der Waals surface area (Å²) in [6.07, 6.45) is 3.60. The molecule has 0 spiro atoms. The van der Waals surface area contributed by atoms with Crippen molar-refractivity contribution >= 4 is 0 Å². The summed E-state index contributed by atoms with van der Waals surface area (Å²) in [5.74, 6) is 0.968. The Morgan fingerprint density at radius 2 is 2.22 bits per heavy atom. The van der Waals surface area contributed by atoms with Crippen molar-refractivity contribution in [2.45, 2.75) is 25.3 Å². The summed E-state index contributed by atoms with van der Waals surface area (Å²) in [5, 5.41) is 3.66. The lowest BCUT2D eigenvalue weighted by Crippen LogP contribution is -2.24. The molecular weight excluding hydrogens is 224 g/mol. The molecule has 1 aliphatic rings. The van der Waals surface area contributed by atoms with Gasteiger partial charge in [0.25, 0.3) is 0 Å². The summed E-state index contributed by atoms with van der Waals surface area (Å²) < 4.78 is 5.31. The van der Waals surface area contributed by atoms with E-state index in [1.54, 1.807) is 7.11 Å². The van der Waals surface area contributed by atoms with Crippen molar-refractivity contribution < 1.29 is 4.74 Å². The molecule has 0 aromatic heterocycles. The first kappa shape index (κ1) is 13.4. The first-order chi connectivity index (χ1) is 8.70. The largest absolute Gasteiger partial charge is 0.497 e. The van der Waals surface area contributed by atoms with Crippen molar-refractivity contribution in [2.24, 2.45) is 0 Å². The number of aryl methyl sites for hydroxylation is 1. The Balaban J connectivity index is 1.90. The van der Waals surface area contributed by atoms with Gasteiger partial charge in [0.15, 0.2) is 0 Å². The van der Waals surface area contributed by atoms with Crippen molar-refractivity contribution in [1.29, 1.82) is 0 Å². The fraction of sp³-hybridized carbons (Fsp3) is 0.600. The minimum absolute atomic E-state index is 0.511. The first-order valence-corrected chi connectivity index (χ1v) is 6.75. The van der Waals surface area contributed by atoms with E-state index in [-0.39, 0.29) is 0 Å². The van der Waals surface area contributed by atoms with Crippen LogP contribution in [0.25, 0.3) is 0 Å². The Hall–Kier alpha value is -1.06. The van der Waals surface area contributed by atoms with Crippen LogP contribution in [0.1, 0.15) is 30.0 Å². The van der Waals surface area contributed by atoms with E-state index in [2.05, 4.69) is 42.5 Å². The molecule has 0 bridgehead atoms. The quantitative estimate of drug-likeness (QED) is 0.781. The van der Waals surface area contributed by atoms with Crippen LogP contribution in [0.3, 0.4) is 0 Å². The molecule has 1 aromatic carbocycles. The maximum absolute atomic E-state index is 5.31. The number of rotatable bonds is 6. The van der Waals surface area contributed by atoms with Gasteiger partial charge in [-0.25, -0.2) is 0 Å². The molecule has 0 aliphatic heterocycles. The molecule has 1 N–H and O–H groups in total. The Bertz CT molecular complexity index is 390.